The molecule has 4 nitrogen and oxygen atoms in total. The quantitative estimate of drug-likeness (QED) is 0.253. The van der Waals surface area contributed by atoms with Crippen molar-refractivity contribution in [3.8, 4) is 5.75 Å². The van der Waals surface area contributed by atoms with Crippen molar-refractivity contribution in [3.63, 3.8) is 0 Å². The zero-order valence-electron chi connectivity index (χ0n) is 12.9. The number of aromatic nitrogens is 1. The number of aliphatic imine (C=N–C) groups is 1. The summed E-state index contributed by atoms with van der Waals surface area (Å²) in [7, 11) is 0. The van der Waals surface area contributed by atoms with Crippen molar-refractivity contribution in [2.45, 2.75) is 19.6 Å². The summed E-state index contributed by atoms with van der Waals surface area (Å²) in [5.74, 6) is -0.275. The number of hydrogen-bond donors (Lipinski definition) is 0. The van der Waals surface area contributed by atoms with Crippen molar-refractivity contribution in [2.75, 3.05) is 6.54 Å². The van der Waals surface area contributed by atoms with E-state index in [1.54, 1.807) is 29.1 Å². The van der Waals surface area contributed by atoms with Gasteiger partial charge in [-0.1, -0.05) is 6.07 Å². The van der Waals surface area contributed by atoms with Crippen LogP contribution in [0.5, 0.6) is 5.75 Å². The molecule has 1 aromatic heterocycles. The molecule has 0 saturated carbocycles. The van der Waals surface area contributed by atoms with Gasteiger partial charge in [-0.2, -0.15) is 13.3 Å². The Morgan fingerprint density at radius 3 is 2.38 bits per heavy atom. The fourth-order valence-corrected chi connectivity index (χ4v) is 2.52. The van der Waals surface area contributed by atoms with Gasteiger partial charge < -0.3 is 22.4 Å². The van der Waals surface area contributed by atoms with Crippen LogP contribution in [0.15, 0.2) is 59.9 Å². The van der Waals surface area contributed by atoms with Crippen molar-refractivity contribution in [1.29, 1.82) is 0 Å². The fraction of sp³-hybridized carbons (Fsp3) is 0.235. The molecular formula is C17H16F2N2O2S. The van der Waals surface area contributed by atoms with E-state index in [2.05, 4.69) is 9.73 Å². The van der Waals surface area contributed by atoms with E-state index in [-0.39, 0.29) is 16.6 Å². The summed E-state index contributed by atoms with van der Waals surface area (Å²) in [6.07, 6.45) is 3.46. The highest BCUT2D eigenvalue weighted by atomic mass is 32.1. The average Bonchev–Trinajstić information content (AvgIpc) is 2.56. The number of alkyl halides is 2. The van der Waals surface area contributed by atoms with Gasteiger partial charge in [-0.05, 0) is 36.2 Å². The minimum Gasteiger partial charge on any atom is -0.758 e. The molecule has 1 heterocycles. The molecule has 0 aliphatic rings. The molecule has 2 rings (SSSR count). The molecular weight excluding hydrogens is 334 g/mol. The minimum absolute atomic E-state index is 0.00807. The maximum Gasteiger partial charge on any atom is 0.387 e. The van der Waals surface area contributed by atoms with Crippen LogP contribution in [-0.2, 0) is 12.6 Å². The lowest BCUT2D eigenvalue weighted by atomic mass is 10.0. The van der Waals surface area contributed by atoms with Gasteiger partial charge in [0.2, 0.25) is 11.8 Å². The minimum atomic E-state index is -2.91. The summed E-state index contributed by atoms with van der Waals surface area (Å²) >= 11 is 5.28. The Morgan fingerprint density at radius 1 is 1.21 bits per heavy atom. The van der Waals surface area contributed by atoms with Crippen molar-refractivity contribution in [3.05, 3.63) is 60.4 Å². The first-order valence-corrected chi connectivity index (χ1v) is 7.70. The molecule has 1 atom stereocenters. The van der Waals surface area contributed by atoms with Crippen LogP contribution >= 0.6 is 0 Å². The van der Waals surface area contributed by atoms with Crippen LogP contribution in [0, 0.1) is 0 Å². The second-order valence-electron chi connectivity index (χ2n) is 4.80. The monoisotopic (exact) mass is 350 g/mol. The number of halogens is 2. The highest BCUT2D eigenvalue weighted by Crippen LogP contribution is 2.18. The molecule has 0 saturated heterocycles. The Hall–Kier alpha value is -2.41. The van der Waals surface area contributed by atoms with Gasteiger partial charge in [0.05, 0.1) is 0 Å². The van der Waals surface area contributed by atoms with Crippen molar-refractivity contribution in [2.24, 2.45) is 4.99 Å². The number of Topliss-reactive ketones (excluding diaryl/α,β-unsaturated/α-hetero) is 1. The number of hydrogen-bond acceptors (Lipinski definition) is 4. The fourth-order valence-electron chi connectivity index (χ4n) is 2.16. The topological polar surface area (TPSA) is 42.5 Å². The van der Waals surface area contributed by atoms with Crippen molar-refractivity contribution >= 4 is 23.5 Å². The Kier molecular flexibility index (Phi) is 6.31. The number of benzene rings is 1. The number of ketones is 1. The maximum absolute atomic E-state index is 12.8. The largest absolute Gasteiger partial charge is 0.758 e. The second-order valence-corrected chi connectivity index (χ2v) is 5.22. The predicted octanol–water partition coefficient (Wildman–Crippen LogP) is 2.96. The first kappa shape index (κ1) is 17.9. The van der Waals surface area contributed by atoms with E-state index in [1.807, 2.05) is 13.0 Å². The lowest BCUT2D eigenvalue weighted by Gasteiger charge is -2.18. The highest BCUT2D eigenvalue weighted by Gasteiger charge is 2.28. The zero-order chi connectivity index (χ0) is 17.5. The van der Waals surface area contributed by atoms with E-state index in [4.69, 9.17) is 12.6 Å². The highest BCUT2D eigenvalue weighted by molar-refractivity contribution is 7.77. The Balaban J connectivity index is 2.32. The molecule has 0 spiro atoms. The summed E-state index contributed by atoms with van der Waals surface area (Å²) in [5, 5.41) is 0.270. The van der Waals surface area contributed by atoms with Crippen LogP contribution in [0.3, 0.4) is 0 Å². The lowest BCUT2D eigenvalue weighted by Crippen LogP contribution is -2.47. The van der Waals surface area contributed by atoms with E-state index < -0.39 is 12.7 Å². The molecule has 1 aromatic carbocycles. The van der Waals surface area contributed by atoms with Crippen LogP contribution < -0.4 is 9.30 Å². The molecule has 7 heteroatoms. The molecule has 126 valence electrons. The number of nitrogens with zero attached hydrogens (tertiary/aromatic N) is 2. The molecule has 1 unspecified atom stereocenters. The van der Waals surface area contributed by atoms with E-state index in [0.717, 1.165) is 0 Å². The van der Waals surface area contributed by atoms with Crippen LogP contribution in [-0.4, -0.2) is 24.0 Å². The normalized spacial score (nSPS) is 12.9. The van der Waals surface area contributed by atoms with E-state index in [0.29, 0.717) is 12.1 Å². The summed E-state index contributed by atoms with van der Waals surface area (Å²) < 4.78 is 30.4. The van der Waals surface area contributed by atoms with Crippen molar-refractivity contribution < 1.29 is 22.9 Å². The molecule has 0 bridgehead atoms. The molecule has 0 N–H and O–H groups in total. The zero-order valence-corrected chi connectivity index (χ0v) is 13.7. The molecule has 0 amide bonds. The number of pyridine rings is 1. The van der Waals surface area contributed by atoms with Crippen LogP contribution in [0.1, 0.15) is 23.3 Å². The number of carbonyl (C=O) groups is 1. The Morgan fingerprint density at radius 2 is 1.83 bits per heavy atom. The predicted molar refractivity (Wildman–Crippen MR) is 88.4 cm³/mol. The Labute approximate surface area is 144 Å². The van der Waals surface area contributed by atoms with Crippen molar-refractivity contribution in [1.82, 2.24) is 0 Å². The maximum atomic E-state index is 12.8. The number of carbonyl (C=O) groups excluding carboxylic acids is 1. The first-order chi connectivity index (χ1) is 11.5. The molecule has 0 radical (unpaired) electrons. The third-order valence-electron chi connectivity index (χ3n) is 3.20. The first-order valence-electron chi connectivity index (χ1n) is 7.29. The molecule has 2 aromatic rings. The van der Waals surface area contributed by atoms with Gasteiger partial charge in [-0.25, -0.2) is 0 Å². The molecule has 24 heavy (non-hydrogen) atoms. The van der Waals surface area contributed by atoms with Gasteiger partial charge in [-0.3, -0.25) is 4.79 Å². The van der Waals surface area contributed by atoms with Gasteiger partial charge >= 0.3 is 6.61 Å². The number of ether oxygens (including phenoxy) is 1. The summed E-state index contributed by atoms with van der Waals surface area (Å²) in [4.78, 5) is 17.0. The molecule has 0 aliphatic heterocycles. The van der Waals surface area contributed by atoms with Crippen LogP contribution in [0.4, 0.5) is 8.78 Å². The van der Waals surface area contributed by atoms with Gasteiger partial charge in [0.1, 0.15) is 5.75 Å². The molecule has 0 fully saturated rings. The van der Waals surface area contributed by atoms with E-state index in [9.17, 15) is 13.6 Å². The lowest BCUT2D eigenvalue weighted by molar-refractivity contribution is -0.691. The van der Waals surface area contributed by atoms with Gasteiger partial charge in [0, 0.05) is 24.2 Å². The smallest absolute Gasteiger partial charge is 0.387 e. The third-order valence-corrected chi connectivity index (χ3v) is 3.55. The second kappa shape index (κ2) is 8.44. The van der Waals surface area contributed by atoms with Gasteiger partial charge in [0.15, 0.2) is 12.4 Å². The Bertz CT molecular complexity index is 706. The van der Waals surface area contributed by atoms with E-state index >= 15 is 0 Å². The standard InChI is InChI=1S/C17H16F2N2O2S/c1-2-20-16(24)14(21-10-4-3-5-11-21)15(22)12-6-8-13(9-7-12)23-17(18)19/h3-11,14,17H,2H2,1H3. The summed E-state index contributed by atoms with van der Waals surface area (Å²) in [6.45, 7) is -0.605. The van der Waals surface area contributed by atoms with Crippen LogP contribution in [0.2, 0.25) is 0 Å². The van der Waals surface area contributed by atoms with Gasteiger partial charge in [0.25, 0.3) is 0 Å². The number of rotatable bonds is 7. The summed E-state index contributed by atoms with van der Waals surface area (Å²) in [6, 6.07) is 10.2. The van der Waals surface area contributed by atoms with E-state index in [1.165, 1.54) is 24.3 Å². The third kappa shape index (κ3) is 4.55. The molecule has 0 aliphatic carbocycles. The van der Waals surface area contributed by atoms with Crippen LogP contribution in [0.25, 0.3) is 0 Å². The van der Waals surface area contributed by atoms with Gasteiger partial charge in [-0.15, -0.1) is 0 Å². The SMILES string of the molecule is CCN=C([S-])C(C(=O)c1ccc(OC(F)F)cc1)[n+]1ccccc1. The average molecular weight is 350 g/mol. The summed E-state index contributed by atoms with van der Waals surface area (Å²) in [5.41, 5.74) is 0.339.